The van der Waals surface area contributed by atoms with E-state index in [-0.39, 0.29) is 0 Å². The fourth-order valence-electron chi connectivity index (χ4n) is 2.37. The number of thiophene rings is 1. The van der Waals surface area contributed by atoms with Crippen molar-refractivity contribution in [1.29, 1.82) is 5.26 Å². The molecule has 0 atom stereocenters. The third-order valence-electron chi connectivity index (χ3n) is 3.26. The summed E-state index contributed by atoms with van der Waals surface area (Å²) in [5.74, 6) is 1.08. The summed E-state index contributed by atoms with van der Waals surface area (Å²) in [4.78, 5) is 5.82. The molecule has 4 heteroatoms. The summed E-state index contributed by atoms with van der Waals surface area (Å²) < 4.78 is 2.10. The van der Waals surface area contributed by atoms with E-state index in [1.165, 1.54) is 12.0 Å². The molecular formula is C13H13N3S. The molecule has 2 aromatic rings. The molecule has 1 aliphatic heterocycles. The van der Waals surface area contributed by atoms with Gasteiger partial charge in [-0.05, 0) is 36.8 Å². The summed E-state index contributed by atoms with van der Waals surface area (Å²) in [5, 5.41) is 11.4. The molecule has 0 amide bonds. The Morgan fingerprint density at radius 2 is 2.35 bits per heavy atom. The van der Waals surface area contributed by atoms with Crippen molar-refractivity contribution in [2.45, 2.75) is 32.7 Å². The lowest BCUT2D eigenvalue weighted by atomic mass is 10.1. The number of nitrogens with zero attached hydrogens (tertiary/aromatic N) is 3. The second kappa shape index (κ2) is 4.01. The van der Waals surface area contributed by atoms with Gasteiger partial charge >= 0.3 is 0 Å². The molecule has 0 saturated carbocycles. The first-order valence-electron chi connectivity index (χ1n) is 5.85. The van der Waals surface area contributed by atoms with Crippen LogP contribution in [0, 0.1) is 18.3 Å². The van der Waals surface area contributed by atoms with Crippen LogP contribution < -0.4 is 0 Å². The second-order valence-corrected chi connectivity index (χ2v) is 5.29. The minimum absolute atomic E-state index is 0.741. The van der Waals surface area contributed by atoms with Crippen molar-refractivity contribution in [2.75, 3.05) is 0 Å². The van der Waals surface area contributed by atoms with E-state index in [0.717, 1.165) is 41.5 Å². The van der Waals surface area contributed by atoms with Crippen LogP contribution in [0.5, 0.6) is 0 Å². The van der Waals surface area contributed by atoms with Gasteiger partial charge in [0.05, 0.1) is 4.88 Å². The van der Waals surface area contributed by atoms with Crippen molar-refractivity contribution in [3.8, 4) is 16.6 Å². The molecule has 0 spiro atoms. The molecule has 0 aliphatic carbocycles. The van der Waals surface area contributed by atoms with Crippen LogP contribution in [0.1, 0.15) is 29.9 Å². The molecule has 3 nitrogen and oxygen atoms in total. The van der Waals surface area contributed by atoms with Gasteiger partial charge in [-0.1, -0.05) is 0 Å². The second-order valence-electron chi connectivity index (χ2n) is 4.38. The van der Waals surface area contributed by atoms with Gasteiger partial charge in [-0.2, -0.15) is 5.26 Å². The first-order chi connectivity index (χ1) is 8.31. The monoisotopic (exact) mass is 243 g/mol. The molecule has 0 aromatic carbocycles. The highest BCUT2D eigenvalue weighted by molar-refractivity contribution is 7.13. The number of aryl methyl sites for hydroxylation is 2. The third-order valence-corrected chi connectivity index (χ3v) is 4.29. The van der Waals surface area contributed by atoms with E-state index in [1.807, 2.05) is 0 Å². The van der Waals surface area contributed by atoms with Gasteiger partial charge < -0.3 is 4.57 Å². The van der Waals surface area contributed by atoms with Crippen LogP contribution in [0.25, 0.3) is 10.6 Å². The Morgan fingerprint density at radius 1 is 1.47 bits per heavy atom. The molecule has 3 rings (SSSR count). The van der Waals surface area contributed by atoms with Crippen LogP contribution in [0.4, 0.5) is 0 Å². The van der Waals surface area contributed by atoms with E-state index >= 15 is 0 Å². The maximum Gasteiger partial charge on any atom is 0.149 e. The van der Waals surface area contributed by atoms with Gasteiger partial charge in [0.25, 0.3) is 0 Å². The zero-order valence-electron chi connectivity index (χ0n) is 9.73. The lowest BCUT2D eigenvalue weighted by Crippen LogP contribution is -2.11. The van der Waals surface area contributed by atoms with Crippen LogP contribution in [0.3, 0.4) is 0 Å². The van der Waals surface area contributed by atoms with Gasteiger partial charge in [0.1, 0.15) is 23.3 Å². The summed E-state index contributed by atoms with van der Waals surface area (Å²) in [5.41, 5.74) is 2.84. The van der Waals surface area contributed by atoms with Crippen LogP contribution >= 0.6 is 11.3 Å². The number of imidazole rings is 1. The van der Waals surface area contributed by atoms with Gasteiger partial charge in [0.15, 0.2) is 0 Å². The predicted octanol–water partition coefficient (Wildman–Crippen LogP) is 3.13. The average molecular weight is 243 g/mol. The van der Waals surface area contributed by atoms with E-state index in [4.69, 9.17) is 0 Å². The van der Waals surface area contributed by atoms with Gasteiger partial charge in [-0.15, -0.1) is 11.3 Å². The average Bonchev–Trinajstić information content (AvgIpc) is 2.91. The van der Waals surface area contributed by atoms with E-state index in [0.29, 0.717) is 0 Å². The smallest absolute Gasteiger partial charge is 0.149 e. The van der Waals surface area contributed by atoms with Crippen LogP contribution in [-0.2, 0) is 13.0 Å². The first-order valence-corrected chi connectivity index (χ1v) is 6.73. The molecule has 2 aromatic heterocycles. The maximum absolute atomic E-state index is 9.35. The van der Waals surface area contributed by atoms with E-state index < -0.39 is 0 Å². The molecule has 0 saturated heterocycles. The SMILES string of the molecule is Cc1ccsc1-c1nc2n(c1C#N)CCCC2. The topological polar surface area (TPSA) is 41.6 Å². The Morgan fingerprint density at radius 3 is 3.06 bits per heavy atom. The van der Waals surface area contributed by atoms with E-state index in [2.05, 4.69) is 34.0 Å². The van der Waals surface area contributed by atoms with Crippen molar-refractivity contribution >= 4 is 11.3 Å². The first kappa shape index (κ1) is 10.5. The molecule has 17 heavy (non-hydrogen) atoms. The van der Waals surface area contributed by atoms with Crippen molar-refractivity contribution in [2.24, 2.45) is 0 Å². The highest BCUT2D eigenvalue weighted by Crippen LogP contribution is 2.32. The van der Waals surface area contributed by atoms with Crippen molar-refractivity contribution < 1.29 is 0 Å². The van der Waals surface area contributed by atoms with Crippen LogP contribution in [-0.4, -0.2) is 9.55 Å². The van der Waals surface area contributed by atoms with Gasteiger partial charge in [0.2, 0.25) is 0 Å². The summed E-state index contributed by atoms with van der Waals surface area (Å²) in [6, 6.07) is 4.41. The molecule has 0 bridgehead atoms. The normalized spacial score (nSPS) is 14.4. The number of nitriles is 1. The van der Waals surface area contributed by atoms with E-state index in [9.17, 15) is 5.26 Å². The Hall–Kier alpha value is -1.60. The van der Waals surface area contributed by atoms with E-state index in [1.54, 1.807) is 11.3 Å². The highest BCUT2D eigenvalue weighted by Gasteiger charge is 2.21. The van der Waals surface area contributed by atoms with Crippen molar-refractivity contribution in [3.05, 3.63) is 28.5 Å². The zero-order valence-corrected chi connectivity index (χ0v) is 10.5. The summed E-state index contributed by atoms with van der Waals surface area (Å²) in [6.45, 7) is 3.01. The molecule has 0 N–H and O–H groups in total. The van der Waals surface area contributed by atoms with Gasteiger partial charge in [0, 0.05) is 13.0 Å². The summed E-state index contributed by atoms with van der Waals surface area (Å²) in [6.07, 6.45) is 3.34. The lowest BCUT2D eigenvalue weighted by molar-refractivity contribution is 0.519. The molecule has 0 radical (unpaired) electrons. The summed E-state index contributed by atoms with van der Waals surface area (Å²) >= 11 is 1.67. The van der Waals surface area contributed by atoms with Crippen molar-refractivity contribution in [3.63, 3.8) is 0 Å². The highest BCUT2D eigenvalue weighted by atomic mass is 32.1. The minimum Gasteiger partial charge on any atom is -0.319 e. The van der Waals surface area contributed by atoms with Gasteiger partial charge in [-0.25, -0.2) is 4.98 Å². The number of rotatable bonds is 1. The minimum atomic E-state index is 0.741. The maximum atomic E-state index is 9.35. The molecule has 0 fully saturated rings. The molecule has 1 aliphatic rings. The lowest BCUT2D eigenvalue weighted by Gasteiger charge is -2.13. The zero-order chi connectivity index (χ0) is 11.8. The number of hydrogen-bond acceptors (Lipinski definition) is 3. The van der Waals surface area contributed by atoms with Crippen LogP contribution in [0.15, 0.2) is 11.4 Å². The number of aromatic nitrogens is 2. The largest absolute Gasteiger partial charge is 0.319 e. The fourth-order valence-corrected chi connectivity index (χ4v) is 3.29. The van der Waals surface area contributed by atoms with Crippen molar-refractivity contribution in [1.82, 2.24) is 9.55 Å². The molecular weight excluding hydrogens is 230 g/mol. The Kier molecular flexibility index (Phi) is 2.49. The molecule has 86 valence electrons. The Labute approximate surface area is 104 Å². The van der Waals surface area contributed by atoms with Crippen LogP contribution in [0.2, 0.25) is 0 Å². The predicted molar refractivity (Wildman–Crippen MR) is 67.9 cm³/mol. The third kappa shape index (κ3) is 1.58. The Balaban J connectivity index is 2.21. The fraction of sp³-hybridized carbons (Fsp3) is 0.385. The quantitative estimate of drug-likeness (QED) is 0.772. The number of fused-ring (bicyclic) bond motifs is 1. The number of hydrogen-bond donors (Lipinski definition) is 0. The molecule has 3 heterocycles. The summed E-state index contributed by atoms with van der Waals surface area (Å²) in [7, 11) is 0. The Bertz CT molecular complexity index is 601. The molecule has 0 unspecified atom stereocenters. The van der Waals surface area contributed by atoms with Gasteiger partial charge in [-0.3, -0.25) is 0 Å². The standard InChI is InChI=1S/C13H13N3S/c1-9-5-7-17-13(9)12-10(8-14)16-6-3-2-4-11(16)15-12/h5,7H,2-4,6H2,1H3.